The van der Waals surface area contributed by atoms with Crippen molar-refractivity contribution >= 4 is 5.69 Å². The first kappa shape index (κ1) is 12.1. The molecule has 0 amide bonds. The summed E-state index contributed by atoms with van der Waals surface area (Å²) in [5, 5.41) is 12.1. The maximum Gasteiger partial charge on any atom is 0.184 e. The smallest absolute Gasteiger partial charge is 0.184 e. The average molecular weight is 257 g/mol. The van der Waals surface area contributed by atoms with Crippen LogP contribution in [0.1, 0.15) is 31.7 Å². The molecule has 3 rings (SSSR count). The van der Waals surface area contributed by atoms with Gasteiger partial charge in [-0.25, -0.2) is 4.68 Å². The van der Waals surface area contributed by atoms with E-state index in [1.165, 1.54) is 19.3 Å². The van der Waals surface area contributed by atoms with Crippen LogP contribution in [0.4, 0.5) is 5.69 Å². The minimum absolute atomic E-state index is 0.336. The molecule has 19 heavy (non-hydrogen) atoms. The number of rotatable bonds is 3. The Kier molecular flexibility index (Phi) is 2.77. The van der Waals surface area contributed by atoms with Crippen LogP contribution in [0.25, 0.3) is 11.4 Å². The van der Waals surface area contributed by atoms with Crippen molar-refractivity contribution in [2.75, 3.05) is 5.73 Å². The molecule has 0 atom stereocenters. The molecule has 0 unspecified atom stereocenters. The van der Waals surface area contributed by atoms with Crippen molar-refractivity contribution in [1.29, 1.82) is 0 Å². The number of aryl methyl sites for hydroxylation is 1. The minimum Gasteiger partial charge on any atom is -0.398 e. The highest BCUT2D eigenvalue weighted by atomic mass is 15.5. The lowest BCUT2D eigenvalue weighted by Crippen LogP contribution is -2.31. The summed E-state index contributed by atoms with van der Waals surface area (Å²) < 4.78 is 1.89. The third-order valence-corrected chi connectivity index (χ3v) is 4.07. The molecule has 5 nitrogen and oxygen atoms in total. The Hall–Kier alpha value is -1.91. The average Bonchev–Trinajstić information content (AvgIpc) is 2.78. The third kappa shape index (κ3) is 2.20. The van der Waals surface area contributed by atoms with Gasteiger partial charge in [-0.05, 0) is 47.7 Å². The van der Waals surface area contributed by atoms with Crippen molar-refractivity contribution in [2.24, 2.45) is 5.41 Å². The van der Waals surface area contributed by atoms with E-state index in [1.54, 1.807) is 0 Å². The lowest BCUT2D eigenvalue weighted by atomic mass is 9.70. The van der Waals surface area contributed by atoms with Gasteiger partial charge in [0.25, 0.3) is 0 Å². The summed E-state index contributed by atoms with van der Waals surface area (Å²) in [6.45, 7) is 5.20. The number of hydrogen-bond donors (Lipinski definition) is 1. The number of nitrogen functional groups attached to an aromatic ring is 1. The van der Waals surface area contributed by atoms with Crippen LogP contribution in [-0.4, -0.2) is 20.2 Å². The first-order valence-electron chi connectivity index (χ1n) is 6.70. The molecular formula is C14H19N5. The fraction of sp³-hybridized carbons (Fsp3) is 0.500. The first-order valence-corrected chi connectivity index (χ1v) is 6.70. The maximum atomic E-state index is 6.05. The highest BCUT2D eigenvalue weighted by molar-refractivity contribution is 5.72. The Labute approximate surface area is 112 Å². The Balaban J connectivity index is 1.97. The topological polar surface area (TPSA) is 69.6 Å². The van der Waals surface area contributed by atoms with E-state index < -0.39 is 0 Å². The molecule has 0 saturated heterocycles. The summed E-state index contributed by atoms with van der Waals surface area (Å²) in [5.74, 6) is 0.773. The highest BCUT2D eigenvalue weighted by Crippen LogP contribution is 2.42. The third-order valence-electron chi connectivity index (χ3n) is 4.07. The predicted octanol–water partition coefficient (Wildman–Crippen LogP) is 2.42. The fourth-order valence-electron chi connectivity index (χ4n) is 2.67. The van der Waals surface area contributed by atoms with Gasteiger partial charge in [0, 0.05) is 11.3 Å². The van der Waals surface area contributed by atoms with E-state index in [1.807, 2.05) is 29.8 Å². The molecule has 1 aliphatic rings. The number of nitrogens with two attached hydrogens (primary N) is 1. The van der Waals surface area contributed by atoms with Gasteiger partial charge in [-0.2, -0.15) is 0 Å². The Morgan fingerprint density at radius 3 is 2.84 bits per heavy atom. The molecule has 100 valence electrons. The van der Waals surface area contributed by atoms with Gasteiger partial charge in [-0.1, -0.05) is 25.0 Å². The molecule has 2 N–H and O–H groups in total. The van der Waals surface area contributed by atoms with Crippen LogP contribution in [0.2, 0.25) is 0 Å². The second-order valence-corrected chi connectivity index (χ2v) is 5.92. The Morgan fingerprint density at radius 1 is 1.37 bits per heavy atom. The highest BCUT2D eigenvalue weighted by Gasteiger charge is 2.33. The number of aromatic nitrogens is 4. The second kappa shape index (κ2) is 4.33. The second-order valence-electron chi connectivity index (χ2n) is 5.92. The number of hydrogen-bond acceptors (Lipinski definition) is 4. The van der Waals surface area contributed by atoms with E-state index in [4.69, 9.17) is 5.73 Å². The summed E-state index contributed by atoms with van der Waals surface area (Å²) in [7, 11) is 0. The van der Waals surface area contributed by atoms with E-state index >= 15 is 0 Å². The largest absolute Gasteiger partial charge is 0.398 e. The standard InChI is InChI=1S/C14H19N5/c1-10-4-5-12(15)11(8-10)13-16-17-18-19(13)9-14(2)6-3-7-14/h4-5,8H,3,6-7,9,15H2,1-2H3. The van der Waals surface area contributed by atoms with Gasteiger partial charge in [0.1, 0.15) is 0 Å². The molecular weight excluding hydrogens is 238 g/mol. The maximum absolute atomic E-state index is 6.05. The van der Waals surface area contributed by atoms with Gasteiger partial charge in [0.05, 0.1) is 6.54 Å². The van der Waals surface area contributed by atoms with E-state index in [2.05, 4.69) is 22.4 Å². The van der Waals surface area contributed by atoms with Crippen molar-refractivity contribution in [2.45, 2.75) is 39.7 Å². The minimum atomic E-state index is 0.336. The lowest BCUT2D eigenvalue weighted by molar-refractivity contribution is 0.126. The zero-order valence-corrected chi connectivity index (χ0v) is 11.4. The molecule has 1 fully saturated rings. The molecule has 2 aromatic rings. The van der Waals surface area contributed by atoms with E-state index in [9.17, 15) is 0 Å². The van der Waals surface area contributed by atoms with Crippen LogP contribution in [0.5, 0.6) is 0 Å². The number of nitrogens with zero attached hydrogens (tertiary/aromatic N) is 4. The van der Waals surface area contributed by atoms with Crippen LogP contribution < -0.4 is 5.73 Å². The summed E-state index contributed by atoms with van der Waals surface area (Å²) >= 11 is 0. The molecule has 0 radical (unpaired) electrons. The zero-order valence-electron chi connectivity index (χ0n) is 11.4. The van der Waals surface area contributed by atoms with E-state index in [0.29, 0.717) is 5.41 Å². The SMILES string of the molecule is Cc1ccc(N)c(-c2nnnn2CC2(C)CCC2)c1. The van der Waals surface area contributed by atoms with Gasteiger partial charge < -0.3 is 5.73 Å². The van der Waals surface area contributed by atoms with Gasteiger partial charge >= 0.3 is 0 Å². The quantitative estimate of drug-likeness (QED) is 0.857. The van der Waals surface area contributed by atoms with Crippen molar-refractivity contribution in [3.8, 4) is 11.4 Å². The van der Waals surface area contributed by atoms with Gasteiger partial charge in [0.15, 0.2) is 5.82 Å². The van der Waals surface area contributed by atoms with E-state index in [-0.39, 0.29) is 0 Å². The van der Waals surface area contributed by atoms with Crippen LogP contribution in [0, 0.1) is 12.3 Å². The molecule has 1 saturated carbocycles. The van der Waals surface area contributed by atoms with Crippen LogP contribution in [0.3, 0.4) is 0 Å². The van der Waals surface area contributed by atoms with Gasteiger partial charge in [0.2, 0.25) is 0 Å². The molecule has 0 spiro atoms. The van der Waals surface area contributed by atoms with Crippen molar-refractivity contribution in [3.63, 3.8) is 0 Å². The number of benzene rings is 1. The molecule has 1 aromatic heterocycles. The number of anilines is 1. The summed E-state index contributed by atoms with van der Waals surface area (Å²) in [6, 6.07) is 5.95. The number of tetrazole rings is 1. The van der Waals surface area contributed by atoms with Crippen molar-refractivity contribution < 1.29 is 0 Å². The molecule has 1 aromatic carbocycles. The predicted molar refractivity (Wildman–Crippen MR) is 74.4 cm³/mol. The van der Waals surface area contributed by atoms with E-state index in [0.717, 1.165) is 29.2 Å². The normalized spacial score (nSPS) is 17.2. The Morgan fingerprint density at radius 2 is 2.16 bits per heavy atom. The first-order chi connectivity index (χ1) is 9.07. The van der Waals surface area contributed by atoms with Crippen LogP contribution >= 0.6 is 0 Å². The molecule has 1 heterocycles. The summed E-state index contributed by atoms with van der Waals surface area (Å²) in [5.41, 5.74) is 9.19. The van der Waals surface area contributed by atoms with Crippen LogP contribution in [-0.2, 0) is 6.54 Å². The molecule has 0 bridgehead atoms. The van der Waals surface area contributed by atoms with Gasteiger partial charge in [-0.15, -0.1) is 5.10 Å². The van der Waals surface area contributed by atoms with Gasteiger partial charge in [-0.3, -0.25) is 0 Å². The fourth-order valence-corrected chi connectivity index (χ4v) is 2.67. The molecule has 1 aliphatic carbocycles. The zero-order chi connectivity index (χ0) is 13.5. The molecule has 5 heteroatoms. The van der Waals surface area contributed by atoms with Crippen molar-refractivity contribution in [3.05, 3.63) is 23.8 Å². The lowest BCUT2D eigenvalue weighted by Gasteiger charge is -2.38. The monoisotopic (exact) mass is 257 g/mol. The summed E-state index contributed by atoms with van der Waals surface area (Å²) in [4.78, 5) is 0. The molecule has 0 aliphatic heterocycles. The summed E-state index contributed by atoms with van der Waals surface area (Å²) in [6.07, 6.45) is 3.80. The van der Waals surface area contributed by atoms with Crippen molar-refractivity contribution in [1.82, 2.24) is 20.2 Å². The van der Waals surface area contributed by atoms with Crippen LogP contribution in [0.15, 0.2) is 18.2 Å². The Bertz CT molecular complexity index is 598.